The third-order valence-electron chi connectivity index (χ3n) is 2.30. The lowest BCUT2D eigenvalue weighted by atomic mass is 9.93. The van der Waals surface area contributed by atoms with Crippen LogP contribution < -0.4 is 10.5 Å². The quantitative estimate of drug-likeness (QED) is 0.870. The molecule has 0 fully saturated rings. The predicted molar refractivity (Wildman–Crippen MR) is 63.9 cm³/mol. The number of rotatable bonds is 3. The van der Waals surface area contributed by atoms with Gasteiger partial charge in [0.2, 0.25) is 0 Å². The molecule has 1 atom stereocenters. The van der Waals surface area contributed by atoms with Crippen molar-refractivity contribution in [1.82, 2.24) is 0 Å². The Balaban J connectivity index is 0.00000324. The van der Waals surface area contributed by atoms with Gasteiger partial charge in [-0.05, 0) is 24.6 Å². The molecule has 0 amide bonds. The summed E-state index contributed by atoms with van der Waals surface area (Å²) in [5.41, 5.74) is 4.63. The molecule has 0 radical (unpaired) electrons. The van der Waals surface area contributed by atoms with E-state index < -0.39 is 17.9 Å². The molecule has 0 unspecified atom stereocenters. The number of methoxy groups -OCH3 is 1. The van der Waals surface area contributed by atoms with Crippen molar-refractivity contribution in [2.45, 2.75) is 18.8 Å². The molecule has 0 aromatic heterocycles. The van der Waals surface area contributed by atoms with E-state index in [2.05, 4.69) is 9.47 Å². The van der Waals surface area contributed by atoms with Crippen molar-refractivity contribution in [3.05, 3.63) is 29.8 Å². The Labute approximate surface area is 114 Å². The zero-order valence-electron chi connectivity index (χ0n) is 10.2. The topological polar surface area (TPSA) is 61.5 Å². The molecule has 108 valence electrons. The van der Waals surface area contributed by atoms with Crippen LogP contribution in [0.5, 0.6) is 5.75 Å². The molecular weight excluding hydrogens is 287 g/mol. The SMILES string of the molecule is COC(=O)[C@@](C)(N)c1ccc(OC(F)(F)F)cc1.Cl. The lowest BCUT2D eigenvalue weighted by Crippen LogP contribution is -2.42. The van der Waals surface area contributed by atoms with Crippen molar-refractivity contribution in [3.8, 4) is 5.75 Å². The number of halogens is 4. The molecule has 2 N–H and O–H groups in total. The molecular formula is C11H13ClF3NO3. The van der Waals surface area contributed by atoms with Crippen LogP contribution >= 0.6 is 12.4 Å². The minimum absolute atomic E-state index is 0. The van der Waals surface area contributed by atoms with Crippen LogP contribution in [0.3, 0.4) is 0 Å². The fourth-order valence-electron chi connectivity index (χ4n) is 1.33. The number of carbonyl (C=O) groups excluding carboxylic acids is 1. The Morgan fingerprint density at radius 3 is 2.05 bits per heavy atom. The fourth-order valence-corrected chi connectivity index (χ4v) is 1.33. The van der Waals surface area contributed by atoms with Crippen LogP contribution in [0.1, 0.15) is 12.5 Å². The van der Waals surface area contributed by atoms with E-state index in [0.717, 1.165) is 12.1 Å². The standard InChI is InChI=1S/C11H12F3NO3.ClH/c1-10(15,9(16)17-2)7-3-5-8(6-4-7)18-11(12,13)14;/h3-6H,15H2,1-2H3;1H/t10-;/m0./s1. The summed E-state index contributed by atoms with van der Waals surface area (Å²) in [6.45, 7) is 1.40. The Hall–Kier alpha value is -1.47. The first-order chi connectivity index (χ1) is 8.16. The highest BCUT2D eigenvalue weighted by Gasteiger charge is 2.33. The van der Waals surface area contributed by atoms with E-state index in [-0.39, 0.29) is 18.2 Å². The summed E-state index contributed by atoms with van der Waals surface area (Å²) in [7, 11) is 1.18. The molecule has 1 rings (SSSR count). The highest BCUT2D eigenvalue weighted by molar-refractivity contribution is 5.85. The smallest absolute Gasteiger partial charge is 0.467 e. The van der Waals surface area contributed by atoms with Crippen LogP contribution in [-0.2, 0) is 15.1 Å². The van der Waals surface area contributed by atoms with Crippen molar-refractivity contribution in [3.63, 3.8) is 0 Å². The maximum absolute atomic E-state index is 11.9. The number of benzene rings is 1. The van der Waals surface area contributed by atoms with Crippen molar-refractivity contribution in [2.24, 2.45) is 5.73 Å². The second-order valence-electron chi connectivity index (χ2n) is 3.77. The van der Waals surface area contributed by atoms with E-state index >= 15 is 0 Å². The Bertz CT molecular complexity index is 432. The summed E-state index contributed by atoms with van der Waals surface area (Å²) < 4.78 is 44.0. The second kappa shape index (κ2) is 6.12. The van der Waals surface area contributed by atoms with E-state index in [1.54, 1.807) is 0 Å². The van der Waals surface area contributed by atoms with Gasteiger partial charge in [-0.3, -0.25) is 0 Å². The summed E-state index contributed by atoms with van der Waals surface area (Å²) >= 11 is 0. The average molecular weight is 300 g/mol. The Kier molecular flexibility index (Phi) is 5.64. The Morgan fingerprint density at radius 1 is 1.21 bits per heavy atom. The molecule has 0 aliphatic heterocycles. The third-order valence-corrected chi connectivity index (χ3v) is 2.30. The van der Waals surface area contributed by atoms with E-state index in [9.17, 15) is 18.0 Å². The molecule has 0 aliphatic carbocycles. The first kappa shape index (κ1) is 17.5. The molecule has 0 saturated carbocycles. The summed E-state index contributed by atoms with van der Waals surface area (Å²) in [6, 6.07) is 4.71. The summed E-state index contributed by atoms with van der Waals surface area (Å²) in [4.78, 5) is 11.4. The zero-order chi connectivity index (χ0) is 14.0. The van der Waals surface area contributed by atoms with Crippen molar-refractivity contribution >= 4 is 18.4 Å². The van der Waals surface area contributed by atoms with Gasteiger partial charge in [-0.2, -0.15) is 0 Å². The van der Waals surface area contributed by atoms with Crippen LogP contribution in [0, 0.1) is 0 Å². The number of nitrogens with two attached hydrogens (primary N) is 1. The fraction of sp³-hybridized carbons (Fsp3) is 0.364. The normalized spacial score (nSPS) is 14.0. The van der Waals surface area contributed by atoms with Crippen LogP contribution in [0.2, 0.25) is 0 Å². The van der Waals surface area contributed by atoms with Gasteiger partial charge in [-0.1, -0.05) is 12.1 Å². The van der Waals surface area contributed by atoms with Crippen LogP contribution in [-0.4, -0.2) is 19.4 Å². The molecule has 1 aromatic carbocycles. The van der Waals surface area contributed by atoms with Crippen molar-refractivity contribution < 1.29 is 27.4 Å². The van der Waals surface area contributed by atoms with Gasteiger partial charge in [0.1, 0.15) is 11.3 Å². The van der Waals surface area contributed by atoms with Gasteiger partial charge in [0.15, 0.2) is 0 Å². The van der Waals surface area contributed by atoms with E-state index in [1.807, 2.05) is 0 Å². The second-order valence-corrected chi connectivity index (χ2v) is 3.77. The molecule has 0 heterocycles. The number of alkyl halides is 3. The highest BCUT2D eigenvalue weighted by Crippen LogP contribution is 2.26. The molecule has 0 bridgehead atoms. The maximum Gasteiger partial charge on any atom is 0.573 e. The zero-order valence-corrected chi connectivity index (χ0v) is 11.0. The van der Waals surface area contributed by atoms with Crippen LogP contribution in [0.4, 0.5) is 13.2 Å². The van der Waals surface area contributed by atoms with E-state index in [1.165, 1.54) is 26.2 Å². The molecule has 0 spiro atoms. The molecule has 8 heteroatoms. The van der Waals surface area contributed by atoms with Crippen LogP contribution in [0.25, 0.3) is 0 Å². The molecule has 19 heavy (non-hydrogen) atoms. The van der Waals surface area contributed by atoms with Crippen LogP contribution in [0.15, 0.2) is 24.3 Å². The molecule has 1 aromatic rings. The minimum atomic E-state index is -4.75. The van der Waals surface area contributed by atoms with E-state index in [4.69, 9.17) is 5.73 Å². The van der Waals surface area contributed by atoms with Gasteiger partial charge in [-0.15, -0.1) is 25.6 Å². The lowest BCUT2D eigenvalue weighted by molar-refractivity contribution is -0.274. The maximum atomic E-state index is 11.9. The van der Waals surface area contributed by atoms with Gasteiger partial charge in [-0.25, -0.2) is 4.79 Å². The number of carbonyl (C=O) groups is 1. The summed E-state index contributed by atoms with van der Waals surface area (Å²) in [5.74, 6) is -1.07. The van der Waals surface area contributed by atoms with Gasteiger partial charge in [0, 0.05) is 0 Å². The van der Waals surface area contributed by atoms with E-state index in [0.29, 0.717) is 5.56 Å². The number of hydrogen-bond donors (Lipinski definition) is 1. The first-order valence-corrected chi connectivity index (χ1v) is 4.90. The van der Waals surface area contributed by atoms with Gasteiger partial charge in [0.25, 0.3) is 0 Å². The number of esters is 1. The lowest BCUT2D eigenvalue weighted by Gasteiger charge is -2.22. The van der Waals surface area contributed by atoms with Gasteiger partial charge >= 0.3 is 12.3 Å². The predicted octanol–water partition coefficient (Wildman–Crippen LogP) is 2.35. The van der Waals surface area contributed by atoms with Crippen molar-refractivity contribution in [2.75, 3.05) is 7.11 Å². The van der Waals surface area contributed by atoms with Crippen molar-refractivity contribution in [1.29, 1.82) is 0 Å². The molecule has 4 nitrogen and oxygen atoms in total. The largest absolute Gasteiger partial charge is 0.573 e. The molecule has 0 aliphatic rings. The summed E-state index contributed by atoms with van der Waals surface area (Å²) in [6.07, 6.45) is -4.75. The number of hydrogen-bond acceptors (Lipinski definition) is 4. The average Bonchev–Trinajstić information content (AvgIpc) is 2.26. The third kappa shape index (κ3) is 4.60. The molecule has 0 saturated heterocycles. The number of ether oxygens (including phenoxy) is 2. The monoisotopic (exact) mass is 299 g/mol. The highest BCUT2D eigenvalue weighted by atomic mass is 35.5. The first-order valence-electron chi connectivity index (χ1n) is 4.90. The van der Waals surface area contributed by atoms with Gasteiger partial charge < -0.3 is 15.2 Å². The minimum Gasteiger partial charge on any atom is -0.467 e. The van der Waals surface area contributed by atoms with Gasteiger partial charge in [0.05, 0.1) is 7.11 Å². The summed E-state index contributed by atoms with van der Waals surface area (Å²) in [5, 5.41) is 0. The Morgan fingerprint density at radius 2 is 1.68 bits per heavy atom.